The maximum atomic E-state index is 12.7. The Morgan fingerprint density at radius 1 is 0.357 bits per heavy atom. The first-order chi connectivity index (χ1) is 27.5. The van der Waals surface area contributed by atoms with Crippen LogP contribution in [0.15, 0.2) is 24.3 Å². The smallest absolute Gasteiger partial charge is 0.306 e. The van der Waals surface area contributed by atoms with Gasteiger partial charge in [0, 0.05) is 19.3 Å². The second-order valence-corrected chi connectivity index (χ2v) is 16.4. The van der Waals surface area contributed by atoms with Crippen LogP contribution in [0, 0.1) is 0 Å². The molecule has 6 nitrogen and oxygen atoms in total. The molecule has 0 bridgehead atoms. The fourth-order valence-corrected chi connectivity index (χ4v) is 7.01. The van der Waals surface area contributed by atoms with Gasteiger partial charge < -0.3 is 14.2 Å². The van der Waals surface area contributed by atoms with Gasteiger partial charge in [0.2, 0.25) is 0 Å². The highest BCUT2D eigenvalue weighted by Crippen LogP contribution is 2.15. The lowest BCUT2D eigenvalue weighted by atomic mass is 10.0. The molecular formula is C50H92O6. The van der Waals surface area contributed by atoms with Crippen LogP contribution in [0.25, 0.3) is 0 Å². The highest BCUT2D eigenvalue weighted by molar-refractivity contribution is 5.71. The number of hydrogen-bond donors (Lipinski definition) is 0. The summed E-state index contributed by atoms with van der Waals surface area (Å²) in [5, 5.41) is 0. The first-order valence-electron chi connectivity index (χ1n) is 24.3. The van der Waals surface area contributed by atoms with Gasteiger partial charge in [-0.15, -0.1) is 0 Å². The zero-order valence-electron chi connectivity index (χ0n) is 37.4. The van der Waals surface area contributed by atoms with Gasteiger partial charge >= 0.3 is 17.9 Å². The van der Waals surface area contributed by atoms with E-state index in [4.69, 9.17) is 14.2 Å². The average Bonchev–Trinajstić information content (AvgIpc) is 3.19. The summed E-state index contributed by atoms with van der Waals surface area (Å²) in [5.74, 6) is -0.878. The second kappa shape index (κ2) is 45.6. The summed E-state index contributed by atoms with van der Waals surface area (Å²) in [6.45, 7) is 6.57. The van der Waals surface area contributed by atoms with E-state index in [1.165, 1.54) is 128 Å². The highest BCUT2D eigenvalue weighted by Gasteiger charge is 2.19. The van der Waals surface area contributed by atoms with Gasteiger partial charge in [0.05, 0.1) is 0 Å². The minimum Gasteiger partial charge on any atom is -0.462 e. The molecule has 0 N–H and O–H groups in total. The highest BCUT2D eigenvalue weighted by atomic mass is 16.6. The summed E-state index contributed by atoms with van der Waals surface area (Å²) >= 11 is 0. The Kier molecular flexibility index (Phi) is 43.9. The van der Waals surface area contributed by atoms with E-state index in [9.17, 15) is 14.4 Å². The van der Waals surface area contributed by atoms with Crippen molar-refractivity contribution < 1.29 is 28.6 Å². The first-order valence-corrected chi connectivity index (χ1v) is 24.3. The Hall–Kier alpha value is -2.11. The summed E-state index contributed by atoms with van der Waals surface area (Å²) in [6, 6.07) is 0. The molecule has 0 heterocycles. The van der Waals surface area contributed by atoms with Gasteiger partial charge in [-0.05, 0) is 44.9 Å². The third-order valence-electron chi connectivity index (χ3n) is 10.7. The lowest BCUT2D eigenvalue weighted by molar-refractivity contribution is -0.167. The molecule has 1 unspecified atom stereocenters. The second-order valence-electron chi connectivity index (χ2n) is 16.4. The summed E-state index contributed by atoms with van der Waals surface area (Å²) in [5.41, 5.74) is 0. The van der Waals surface area contributed by atoms with E-state index in [1.54, 1.807) is 0 Å². The van der Waals surface area contributed by atoms with Gasteiger partial charge in [-0.2, -0.15) is 0 Å². The lowest BCUT2D eigenvalue weighted by Gasteiger charge is -2.18. The summed E-state index contributed by atoms with van der Waals surface area (Å²) in [6.07, 6.45) is 50.1. The van der Waals surface area contributed by atoms with Gasteiger partial charge in [0.15, 0.2) is 6.10 Å². The first kappa shape index (κ1) is 53.9. The quantitative estimate of drug-likeness (QED) is 0.0265. The number of unbranched alkanes of at least 4 members (excludes halogenated alkanes) is 29. The van der Waals surface area contributed by atoms with Crippen LogP contribution in [-0.2, 0) is 28.6 Å². The van der Waals surface area contributed by atoms with E-state index in [0.29, 0.717) is 19.3 Å². The molecule has 0 fully saturated rings. The van der Waals surface area contributed by atoms with Gasteiger partial charge in [-0.25, -0.2) is 0 Å². The van der Waals surface area contributed by atoms with Crippen molar-refractivity contribution in [3.05, 3.63) is 24.3 Å². The number of hydrogen-bond acceptors (Lipinski definition) is 6. The fourth-order valence-electron chi connectivity index (χ4n) is 7.01. The van der Waals surface area contributed by atoms with Crippen LogP contribution in [0.5, 0.6) is 0 Å². The molecule has 328 valence electrons. The monoisotopic (exact) mass is 789 g/mol. The summed E-state index contributed by atoms with van der Waals surface area (Å²) in [7, 11) is 0. The molecule has 0 aliphatic carbocycles. The van der Waals surface area contributed by atoms with Crippen molar-refractivity contribution in [2.45, 2.75) is 264 Å². The Morgan fingerprint density at radius 3 is 1.05 bits per heavy atom. The summed E-state index contributed by atoms with van der Waals surface area (Å²) < 4.78 is 16.7. The Labute approximate surface area is 347 Å². The Balaban J connectivity index is 4.35. The van der Waals surface area contributed by atoms with E-state index in [0.717, 1.165) is 89.9 Å². The number of ether oxygens (including phenoxy) is 3. The molecule has 0 aromatic rings. The van der Waals surface area contributed by atoms with E-state index in [2.05, 4.69) is 45.1 Å². The molecular weight excluding hydrogens is 697 g/mol. The number of esters is 3. The molecule has 0 spiro atoms. The number of allylic oxidation sites excluding steroid dienone is 4. The molecule has 0 aromatic heterocycles. The zero-order valence-corrected chi connectivity index (χ0v) is 37.4. The van der Waals surface area contributed by atoms with Gasteiger partial charge in [0.25, 0.3) is 0 Å². The maximum absolute atomic E-state index is 12.7. The standard InChI is InChI=1S/C50H92O6/c1-4-7-10-13-16-19-22-24-26-28-31-34-37-40-43-49(52)55-46-47(45-54-48(51)42-39-36-33-30-27-21-18-15-12-9-6-3)56-50(53)44-41-38-35-32-29-25-23-20-17-14-11-8-5-2/h11,14,20,23,47H,4-10,12-13,15-19,21-22,24-46H2,1-3H3/b14-11-,23-20-. The van der Waals surface area contributed by atoms with Gasteiger partial charge in [-0.1, -0.05) is 218 Å². The molecule has 0 aromatic carbocycles. The third-order valence-corrected chi connectivity index (χ3v) is 10.7. The van der Waals surface area contributed by atoms with Crippen LogP contribution in [-0.4, -0.2) is 37.2 Å². The van der Waals surface area contributed by atoms with E-state index >= 15 is 0 Å². The van der Waals surface area contributed by atoms with Crippen molar-refractivity contribution in [1.29, 1.82) is 0 Å². The summed E-state index contributed by atoms with van der Waals surface area (Å²) in [4.78, 5) is 37.8. The van der Waals surface area contributed by atoms with Gasteiger partial charge in [-0.3, -0.25) is 14.4 Å². The van der Waals surface area contributed by atoms with Crippen molar-refractivity contribution in [2.24, 2.45) is 0 Å². The van der Waals surface area contributed by atoms with E-state index < -0.39 is 6.10 Å². The fraction of sp³-hybridized carbons (Fsp3) is 0.860. The van der Waals surface area contributed by atoms with Crippen molar-refractivity contribution in [3.63, 3.8) is 0 Å². The van der Waals surface area contributed by atoms with Crippen molar-refractivity contribution in [2.75, 3.05) is 13.2 Å². The Bertz CT molecular complexity index is 911. The van der Waals surface area contributed by atoms with Crippen molar-refractivity contribution >= 4 is 17.9 Å². The Morgan fingerprint density at radius 2 is 0.679 bits per heavy atom. The predicted octanol–water partition coefficient (Wildman–Crippen LogP) is 15.6. The lowest BCUT2D eigenvalue weighted by Crippen LogP contribution is -2.30. The molecule has 6 heteroatoms. The van der Waals surface area contributed by atoms with E-state index in [1.807, 2.05) is 0 Å². The van der Waals surface area contributed by atoms with Crippen LogP contribution >= 0.6 is 0 Å². The minimum absolute atomic E-state index is 0.0726. The van der Waals surface area contributed by atoms with Crippen LogP contribution in [0.3, 0.4) is 0 Å². The predicted molar refractivity (Wildman–Crippen MR) is 238 cm³/mol. The van der Waals surface area contributed by atoms with E-state index in [-0.39, 0.29) is 31.1 Å². The van der Waals surface area contributed by atoms with Crippen LogP contribution in [0.4, 0.5) is 0 Å². The molecule has 0 radical (unpaired) electrons. The molecule has 0 saturated heterocycles. The molecule has 0 aliphatic rings. The van der Waals surface area contributed by atoms with Crippen molar-refractivity contribution in [3.8, 4) is 0 Å². The number of carbonyl (C=O) groups excluding carboxylic acids is 3. The normalized spacial score (nSPS) is 12.1. The molecule has 1 atom stereocenters. The van der Waals surface area contributed by atoms with Gasteiger partial charge in [0.1, 0.15) is 13.2 Å². The molecule has 0 amide bonds. The zero-order chi connectivity index (χ0) is 40.8. The number of carbonyl (C=O) groups is 3. The van der Waals surface area contributed by atoms with Crippen molar-refractivity contribution in [1.82, 2.24) is 0 Å². The maximum Gasteiger partial charge on any atom is 0.306 e. The van der Waals surface area contributed by atoms with Crippen LogP contribution < -0.4 is 0 Å². The SMILES string of the molecule is CCC/C=C\C/C=C\CCCCCCCC(=O)OC(COC(=O)CCCCCCCCCCCCC)COC(=O)CCCCCCCCCCCCCCCC. The molecule has 56 heavy (non-hydrogen) atoms. The average molecular weight is 789 g/mol. The number of rotatable bonds is 44. The molecule has 0 aliphatic heterocycles. The molecule has 0 saturated carbocycles. The largest absolute Gasteiger partial charge is 0.462 e. The topological polar surface area (TPSA) is 78.9 Å². The van der Waals surface area contributed by atoms with Crippen LogP contribution in [0.2, 0.25) is 0 Å². The molecule has 0 rings (SSSR count). The third kappa shape index (κ3) is 43.0. The van der Waals surface area contributed by atoms with Crippen LogP contribution in [0.1, 0.15) is 258 Å². The minimum atomic E-state index is -0.771.